The Kier molecular flexibility index (Phi) is 6.00. The molecule has 0 unspecified atom stereocenters. The number of aromatic amines is 1. The van der Waals surface area contributed by atoms with Crippen LogP contribution in [0, 0.1) is 0 Å². The summed E-state index contributed by atoms with van der Waals surface area (Å²) in [5.41, 5.74) is 0.825. The van der Waals surface area contributed by atoms with Gasteiger partial charge < -0.3 is 15.3 Å². The number of carbonyl (C=O) groups excluding carboxylic acids is 1. The number of urea groups is 1. The first-order valence-electron chi connectivity index (χ1n) is 8.86. The highest BCUT2D eigenvalue weighted by Crippen LogP contribution is 2.25. The molecule has 7 heteroatoms. The Balaban J connectivity index is 1.66. The molecule has 25 heavy (non-hydrogen) atoms. The summed E-state index contributed by atoms with van der Waals surface area (Å²) in [5, 5.41) is 20.0. The fourth-order valence-corrected chi connectivity index (χ4v) is 3.33. The van der Waals surface area contributed by atoms with Crippen molar-refractivity contribution >= 4 is 6.03 Å². The number of hydrogen-bond acceptors (Lipinski definition) is 4. The third-order valence-electron chi connectivity index (χ3n) is 4.70. The molecule has 1 aromatic heterocycles. The van der Waals surface area contributed by atoms with Crippen LogP contribution in [0.3, 0.4) is 0 Å². The van der Waals surface area contributed by atoms with Gasteiger partial charge in [-0.05, 0) is 18.4 Å². The lowest BCUT2D eigenvalue weighted by molar-refractivity contribution is 0.0899. The van der Waals surface area contributed by atoms with Gasteiger partial charge in [0.2, 0.25) is 0 Å². The fraction of sp³-hybridized carbons (Fsp3) is 0.500. The molecule has 0 aliphatic heterocycles. The lowest BCUT2D eigenvalue weighted by Gasteiger charge is -2.35. The van der Waals surface area contributed by atoms with Crippen molar-refractivity contribution in [2.24, 2.45) is 0 Å². The SMILES string of the molecule is O=C(NCc1ncn[nH]1)N(C[C@H](O)c1ccccc1)C1CCCCC1. The average Bonchev–Trinajstić information content (AvgIpc) is 3.19. The molecule has 3 rings (SSSR count). The first-order valence-corrected chi connectivity index (χ1v) is 8.86. The minimum absolute atomic E-state index is 0.168. The maximum atomic E-state index is 12.7. The zero-order valence-electron chi connectivity index (χ0n) is 14.3. The molecular formula is C18H25N5O2. The summed E-state index contributed by atoms with van der Waals surface area (Å²) in [4.78, 5) is 18.6. The van der Waals surface area contributed by atoms with Crippen molar-refractivity contribution in [3.63, 3.8) is 0 Å². The van der Waals surface area contributed by atoms with E-state index in [1.807, 2.05) is 30.3 Å². The number of hydrogen-bond donors (Lipinski definition) is 3. The van der Waals surface area contributed by atoms with Crippen molar-refractivity contribution in [1.29, 1.82) is 0 Å². The Hall–Kier alpha value is -2.41. The molecule has 2 amide bonds. The third-order valence-corrected chi connectivity index (χ3v) is 4.70. The molecular weight excluding hydrogens is 318 g/mol. The van der Waals surface area contributed by atoms with E-state index in [2.05, 4.69) is 20.5 Å². The molecule has 0 saturated heterocycles. The van der Waals surface area contributed by atoms with Gasteiger partial charge in [0.15, 0.2) is 0 Å². The Bertz CT molecular complexity index is 641. The number of nitrogens with zero attached hydrogens (tertiary/aromatic N) is 3. The van der Waals surface area contributed by atoms with Crippen LogP contribution in [-0.4, -0.2) is 43.8 Å². The van der Waals surface area contributed by atoms with E-state index in [0.29, 0.717) is 12.4 Å². The van der Waals surface area contributed by atoms with Crippen LogP contribution in [0.1, 0.15) is 49.6 Å². The van der Waals surface area contributed by atoms with Gasteiger partial charge in [0.1, 0.15) is 12.2 Å². The molecule has 1 fully saturated rings. The lowest BCUT2D eigenvalue weighted by Crippen LogP contribution is -2.48. The number of nitrogens with one attached hydrogen (secondary N) is 2. The van der Waals surface area contributed by atoms with E-state index in [0.717, 1.165) is 31.2 Å². The highest BCUT2D eigenvalue weighted by Gasteiger charge is 2.27. The minimum atomic E-state index is -0.695. The number of aromatic nitrogens is 3. The summed E-state index contributed by atoms with van der Waals surface area (Å²) in [6, 6.07) is 9.48. The van der Waals surface area contributed by atoms with Crippen molar-refractivity contribution in [3.05, 3.63) is 48.0 Å². The number of carbonyl (C=O) groups is 1. The van der Waals surface area contributed by atoms with Gasteiger partial charge in [0.25, 0.3) is 0 Å². The van der Waals surface area contributed by atoms with Gasteiger partial charge >= 0.3 is 6.03 Å². The Morgan fingerprint density at radius 1 is 1.28 bits per heavy atom. The largest absolute Gasteiger partial charge is 0.387 e. The van der Waals surface area contributed by atoms with E-state index in [9.17, 15) is 9.90 Å². The Labute approximate surface area is 147 Å². The standard InChI is InChI=1S/C18H25N5O2/c24-16(14-7-3-1-4-8-14)12-23(15-9-5-2-6-10-15)18(25)19-11-17-20-13-21-22-17/h1,3-4,7-8,13,15-16,24H,2,5-6,9-12H2,(H,19,25)(H,20,21,22)/t16-/m0/s1. The molecule has 7 nitrogen and oxygen atoms in total. The molecule has 1 aliphatic carbocycles. The van der Waals surface area contributed by atoms with Crippen LogP contribution in [0.4, 0.5) is 4.79 Å². The van der Waals surface area contributed by atoms with Crippen LogP contribution in [0.5, 0.6) is 0 Å². The lowest BCUT2D eigenvalue weighted by atomic mass is 9.94. The molecule has 0 bridgehead atoms. The topological polar surface area (TPSA) is 94.1 Å². The van der Waals surface area contributed by atoms with Gasteiger partial charge in [-0.2, -0.15) is 5.10 Å². The van der Waals surface area contributed by atoms with Gasteiger partial charge in [-0.15, -0.1) is 0 Å². The van der Waals surface area contributed by atoms with Crippen LogP contribution in [0.2, 0.25) is 0 Å². The van der Waals surface area contributed by atoms with Crippen LogP contribution in [0.25, 0.3) is 0 Å². The summed E-state index contributed by atoms with van der Waals surface area (Å²) in [6.07, 6.45) is 6.15. The Morgan fingerprint density at radius 2 is 2.04 bits per heavy atom. The van der Waals surface area contributed by atoms with Crippen LogP contribution < -0.4 is 5.32 Å². The van der Waals surface area contributed by atoms with E-state index >= 15 is 0 Å². The zero-order valence-corrected chi connectivity index (χ0v) is 14.3. The molecule has 0 spiro atoms. The van der Waals surface area contributed by atoms with Crippen LogP contribution in [-0.2, 0) is 6.54 Å². The maximum absolute atomic E-state index is 12.7. The molecule has 2 aromatic rings. The second-order valence-corrected chi connectivity index (χ2v) is 6.46. The van der Waals surface area contributed by atoms with Crippen molar-refractivity contribution in [1.82, 2.24) is 25.4 Å². The molecule has 1 saturated carbocycles. The normalized spacial score (nSPS) is 16.4. The van der Waals surface area contributed by atoms with Gasteiger partial charge in [0, 0.05) is 6.04 Å². The second kappa shape index (κ2) is 8.62. The number of H-pyrrole nitrogens is 1. The summed E-state index contributed by atoms with van der Waals surface area (Å²) in [5.74, 6) is 0.612. The van der Waals surface area contributed by atoms with Crippen LogP contribution >= 0.6 is 0 Å². The molecule has 134 valence electrons. The van der Waals surface area contributed by atoms with E-state index in [-0.39, 0.29) is 18.6 Å². The second-order valence-electron chi connectivity index (χ2n) is 6.46. The number of amides is 2. The van der Waals surface area contributed by atoms with Crippen molar-refractivity contribution in [2.45, 2.75) is 50.8 Å². The summed E-state index contributed by atoms with van der Waals surface area (Å²) >= 11 is 0. The van der Waals surface area contributed by atoms with E-state index in [1.54, 1.807) is 4.90 Å². The molecule has 1 heterocycles. The van der Waals surface area contributed by atoms with Gasteiger partial charge in [-0.1, -0.05) is 49.6 Å². The predicted octanol–water partition coefficient (Wildman–Crippen LogP) is 2.38. The molecule has 1 aliphatic rings. The smallest absolute Gasteiger partial charge is 0.318 e. The van der Waals surface area contributed by atoms with Crippen LogP contribution in [0.15, 0.2) is 36.7 Å². The predicted molar refractivity (Wildman–Crippen MR) is 93.6 cm³/mol. The maximum Gasteiger partial charge on any atom is 0.318 e. The minimum Gasteiger partial charge on any atom is -0.387 e. The van der Waals surface area contributed by atoms with Gasteiger partial charge in [-0.3, -0.25) is 5.10 Å². The first kappa shape index (κ1) is 17.4. The Morgan fingerprint density at radius 3 is 2.72 bits per heavy atom. The number of aliphatic hydroxyl groups excluding tert-OH is 1. The third kappa shape index (κ3) is 4.79. The van der Waals surface area contributed by atoms with Crippen molar-refractivity contribution in [2.75, 3.05) is 6.54 Å². The van der Waals surface area contributed by atoms with Gasteiger partial charge in [0.05, 0.1) is 19.2 Å². The summed E-state index contributed by atoms with van der Waals surface area (Å²) < 4.78 is 0. The molecule has 1 atom stereocenters. The van der Waals surface area contributed by atoms with Gasteiger partial charge in [-0.25, -0.2) is 9.78 Å². The van der Waals surface area contributed by atoms with E-state index in [4.69, 9.17) is 0 Å². The molecule has 1 aromatic carbocycles. The number of benzene rings is 1. The number of aliphatic hydroxyl groups is 1. The zero-order chi connectivity index (χ0) is 17.5. The highest BCUT2D eigenvalue weighted by atomic mass is 16.3. The highest BCUT2D eigenvalue weighted by molar-refractivity contribution is 5.74. The number of rotatable bonds is 6. The average molecular weight is 343 g/mol. The van der Waals surface area contributed by atoms with E-state index < -0.39 is 6.10 Å². The summed E-state index contributed by atoms with van der Waals surface area (Å²) in [6.45, 7) is 0.584. The monoisotopic (exact) mass is 343 g/mol. The quantitative estimate of drug-likeness (QED) is 0.750. The van der Waals surface area contributed by atoms with Crippen molar-refractivity contribution < 1.29 is 9.90 Å². The van der Waals surface area contributed by atoms with Crippen molar-refractivity contribution in [3.8, 4) is 0 Å². The molecule has 3 N–H and O–H groups in total. The fourth-order valence-electron chi connectivity index (χ4n) is 3.33. The first-order chi connectivity index (χ1) is 12.2. The molecule has 0 radical (unpaired) electrons. The summed E-state index contributed by atoms with van der Waals surface area (Å²) in [7, 11) is 0. The van der Waals surface area contributed by atoms with E-state index in [1.165, 1.54) is 12.7 Å².